The molecule has 6 heteroatoms. The predicted octanol–water partition coefficient (Wildman–Crippen LogP) is 3.63. The van der Waals surface area contributed by atoms with Crippen LogP contribution in [-0.4, -0.2) is 38.8 Å². The van der Waals surface area contributed by atoms with Gasteiger partial charge in [-0.15, -0.1) is 0 Å². The third kappa shape index (κ3) is 4.82. The maximum absolute atomic E-state index is 13.6. The van der Waals surface area contributed by atoms with E-state index in [1.807, 2.05) is 41.4 Å². The van der Waals surface area contributed by atoms with E-state index >= 15 is 0 Å². The van der Waals surface area contributed by atoms with E-state index in [1.54, 1.807) is 18.6 Å². The summed E-state index contributed by atoms with van der Waals surface area (Å²) in [6, 6.07) is 14.0. The second-order valence-corrected chi connectivity index (χ2v) is 7.82. The van der Waals surface area contributed by atoms with Crippen LogP contribution in [0.5, 0.6) is 0 Å². The van der Waals surface area contributed by atoms with E-state index in [2.05, 4.69) is 38.9 Å². The number of benzene rings is 1. The van der Waals surface area contributed by atoms with Gasteiger partial charge in [-0.2, -0.15) is 0 Å². The minimum Gasteiger partial charge on any atom is -0.340 e. The zero-order chi connectivity index (χ0) is 20.8. The fourth-order valence-electron chi connectivity index (χ4n) is 3.99. The molecule has 1 unspecified atom stereocenters. The van der Waals surface area contributed by atoms with Crippen LogP contribution >= 0.6 is 0 Å². The minimum atomic E-state index is -0.0664. The lowest BCUT2D eigenvalue weighted by atomic mass is 9.96. The van der Waals surface area contributed by atoms with Gasteiger partial charge in [-0.3, -0.25) is 9.78 Å². The summed E-state index contributed by atoms with van der Waals surface area (Å²) in [4.78, 5) is 30.7. The van der Waals surface area contributed by atoms with Crippen LogP contribution < -0.4 is 4.90 Å². The lowest BCUT2D eigenvalue weighted by molar-refractivity contribution is -0.137. The molecule has 0 saturated carbocycles. The molecule has 4 rings (SSSR count). The zero-order valence-corrected chi connectivity index (χ0v) is 17.3. The van der Waals surface area contributed by atoms with Gasteiger partial charge in [0, 0.05) is 51.0 Å². The Balaban J connectivity index is 1.54. The van der Waals surface area contributed by atoms with Crippen LogP contribution in [0.4, 0.5) is 5.95 Å². The molecule has 2 aromatic heterocycles. The maximum Gasteiger partial charge on any atom is 0.228 e. The van der Waals surface area contributed by atoms with Crippen LogP contribution in [-0.2, 0) is 17.9 Å². The quantitative estimate of drug-likeness (QED) is 0.631. The van der Waals surface area contributed by atoms with E-state index in [0.29, 0.717) is 25.6 Å². The summed E-state index contributed by atoms with van der Waals surface area (Å²) in [5, 5.41) is 0. The highest BCUT2D eigenvalue weighted by Gasteiger charge is 2.30. The number of hydrogen-bond donors (Lipinski definition) is 0. The van der Waals surface area contributed by atoms with Gasteiger partial charge in [0.1, 0.15) is 0 Å². The molecule has 1 saturated heterocycles. The number of carbonyl (C=O) groups is 1. The average Bonchev–Trinajstić information content (AvgIpc) is 2.81. The van der Waals surface area contributed by atoms with E-state index < -0.39 is 0 Å². The molecule has 1 amide bonds. The Labute approximate surface area is 177 Å². The number of amides is 1. The van der Waals surface area contributed by atoms with E-state index in [0.717, 1.165) is 24.9 Å². The first kappa shape index (κ1) is 20.0. The molecule has 3 heterocycles. The highest BCUT2D eigenvalue weighted by atomic mass is 16.2. The Morgan fingerprint density at radius 1 is 1.07 bits per heavy atom. The Kier molecular flexibility index (Phi) is 6.32. The smallest absolute Gasteiger partial charge is 0.228 e. The first-order chi connectivity index (χ1) is 14.7. The largest absolute Gasteiger partial charge is 0.340 e. The molecule has 1 atom stereocenters. The molecule has 0 radical (unpaired) electrons. The normalized spacial score (nSPS) is 16.3. The Hall–Kier alpha value is -3.28. The first-order valence-electron chi connectivity index (χ1n) is 10.4. The molecule has 0 spiro atoms. The van der Waals surface area contributed by atoms with Crippen LogP contribution in [0.3, 0.4) is 0 Å². The first-order valence-corrected chi connectivity index (χ1v) is 10.4. The highest BCUT2D eigenvalue weighted by molar-refractivity contribution is 5.79. The third-order valence-corrected chi connectivity index (χ3v) is 5.64. The molecule has 1 aliphatic heterocycles. The fraction of sp³-hybridized carbons (Fsp3) is 0.333. The van der Waals surface area contributed by atoms with E-state index in [9.17, 15) is 4.79 Å². The van der Waals surface area contributed by atoms with Gasteiger partial charge >= 0.3 is 0 Å². The Morgan fingerprint density at radius 3 is 2.67 bits per heavy atom. The summed E-state index contributed by atoms with van der Waals surface area (Å²) in [7, 11) is 0. The number of anilines is 1. The molecule has 1 fully saturated rings. The number of aromatic nitrogens is 3. The van der Waals surface area contributed by atoms with Crippen LogP contribution in [0.15, 0.2) is 67.3 Å². The molecule has 0 bridgehead atoms. The fourth-order valence-corrected chi connectivity index (χ4v) is 3.99. The number of carbonyl (C=O) groups excluding carboxylic acids is 1. The van der Waals surface area contributed by atoms with Crippen molar-refractivity contribution in [2.24, 2.45) is 5.92 Å². The summed E-state index contributed by atoms with van der Waals surface area (Å²) in [6.07, 6.45) is 8.94. The summed E-state index contributed by atoms with van der Waals surface area (Å²) < 4.78 is 0. The summed E-state index contributed by atoms with van der Waals surface area (Å²) >= 11 is 0. The number of aryl methyl sites for hydroxylation is 1. The molecule has 0 aliphatic carbocycles. The topological polar surface area (TPSA) is 62.2 Å². The second kappa shape index (κ2) is 9.48. The molecule has 1 aromatic carbocycles. The van der Waals surface area contributed by atoms with Crippen LogP contribution in [0.25, 0.3) is 0 Å². The Morgan fingerprint density at radius 2 is 1.90 bits per heavy atom. The number of rotatable bonds is 6. The molecule has 1 aliphatic rings. The minimum absolute atomic E-state index is 0.0664. The van der Waals surface area contributed by atoms with Crippen molar-refractivity contribution in [3.05, 3.63) is 83.9 Å². The van der Waals surface area contributed by atoms with Gasteiger partial charge in [0.2, 0.25) is 11.9 Å². The number of pyridine rings is 1. The maximum atomic E-state index is 13.6. The van der Waals surface area contributed by atoms with Gasteiger partial charge in [0.15, 0.2) is 0 Å². The lowest BCUT2D eigenvalue weighted by Gasteiger charge is -2.35. The standard InChI is InChI=1S/C24H27N5O/c1-19-7-2-3-9-21(19)17-29(16-20-8-4-11-25-15-20)23(30)22-10-5-14-28(18-22)24-26-12-6-13-27-24/h2-4,6-9,11-13,15,22H,5,10,14,16-18H2,1H3. The molecule has 154 valence electrons. The lowest BCUT2D eigenvalue weighted by Crippen LogP contribution is -2.45. The molecule has 6 nitrogen and oxygen atoms in total. The van der Waals surface area contributed by atoms with Crippen molar-refractivity contribution < 1.29 is 4.79 Å². The van der Waals surface area contributed by atoms with Gasteiger partial charge in [-0.25, -0.2) is 9.97 Å². The highest BCUT2D eigenvalue weighted by Crippen LogP contribution is 2.24. The summed E-state index contributed by atoms with van der Waals surface area (Å²) in [6.45, 7) is 4.78. The van der Waals surface area contributed by atoms with Crippen molar-refractivity contribution in [1.82, 2.24) is 19.9 Å². The van der Waals surface area contributed by atoms with Crippen molar-refractivity contribution in [3.8, 4) is 0 Å². The summed E-state index contributed by atoms with van der Waals surface area (Å²) in [5.74, 6) is 0.818. The van der Waals surface area contributed by atoms with Crippen LogP contribution in [0.2, 0.25) is 0 Å². The SMILES string of the molecule is Cc1ccccc1CN(Cc1cccnc1)C(=O)C1CCCN(c2ncccn2)C1. The van der Waals surface area contributed by atoms with E-state index in [1.165, 1.54) is 11.1 Å². The van der Waals surface area contributed by atoms with Crippen molar-refractivity contribution in [3.63, 3.8) is 0 Å². The van der Waals surface area contributed by atoms with Gasteiger partial charge in [0.05, 0.1) is 5.92 Å². The molecule has 3 aromatic rings. The third-order valence-electron chi connectivity index (χ3n) is 5.64. The average molecular weight is 402 g/mol. The van der Waals surface area contributed by atoms with Crippen molar-refractivity contribution in [2.75, 3.05) is 18.0 Å². The second-order valence-electron chi connectivity index (χ2n) is 7.82. The monoisotopic (exact) mass is 401 g/mol. The van der Waals surface area contributed by atoms with Crippen LogP contribution in [0, 0.1) is 12.8 Å². The predicted molar refractivity (Wildman–Crippen MR) is 117 cm³/mol. The molecule has 30 heavy (non-hydrogen) atoms. The van der Waals surface area contributed by atoms with Crippen molar-refractivity contribution >= 4 is 11.9 Å². The number of hydrogen-bond acceptors (Lipinski definition) is 5. The zero-order valence-electron chi connectivity index (χ0n) is 17.3. The van der Waals surface area contributed by atoms with Gasteiger partial charge in [-0.1, -0.05) is 30.3 Å². The van der Waals surface area contributed by atoms with E-state index in [4.69, 9.17) is 0 Å². The van der Waals surface area contributed by atoms with Gasteiger partial charge < -0.3 is 9.80 Å². The van der Waals surface area contributed by atoms with E-state index in [-0.39, 0.29) is 11.8 Å². The van der Waals surface area contributed by atoms with Gasteiger partial charge in [-0.05, 0) is 48.6 Å². The molecular weight excluding hydrogens is 374 g/mol. The summed E-state index contributed by atoms with van der Waals surface area (Å²) in [5.41, 5.74) is 3.41. The number of nitrogens with zero attached hydrogens (tertiary/aromatic N) is 5. The van der Waals surface area contributed by atoms with Crippen molar-refractivity contribution in [2.45, 2.75) is 32.9 Å². The molecule has 0 N–H and O–H groups in total. The number of piperidine rings is 1. The molecular formula is C24H27N5O. The Bertz CT molecular complexity index is 964. The van der Waals surface area contributed by atoms with Gasteiger partial charge in [0.25, 0.3) is 0 Å². The van der Waals surface area contributed by atoms with Crippen molar-refractivity contribution in [1.29, 1.82) is 0 Å². The van der Waals surface area contributed by atoms with Crippen LogP contribution in [0.1, 0.15) is 29.5 Å².